The van der Waals surface area contributed by atoms with Crippen molar-refractivity contribution in [3.8, 4) is 0 Å². The Balaban J connectivity index is 3.21. The van der Waals surface area contributed by atoms with Crippen molar-refractivity contribution in [2.24, 2.45) is 5.73 Å². The van der Waals surface area contributed by atoms with Gasteiger partial charge in [-0.1, -0.05) is 18.3 Å². The molecule has 1 rings (SSSR count). The van der Waals surface area contributed by atoms with Crippen LogP contribution in [0.25, 0.3) is 0 Å². The van der Waals surface area contributed by atoms with Crippen molar-refractivity contribution in [3.63, 3.8) is 0 Å². The zero-order valence-corrected chi connectivity index (χ0v) is 10.4. The van der Waals surface area contributed by atoms with Crippen molar-refractivity contribution in [2.45, 2.75) is 13.1 Å². The summed E-state index contributed by atoms with van der Waals surface area (Å²) in [5, 5.41) is 0. The molecule has 1 aromatic carbocycles. The smallest absolute Gasteiger partial charge is 0.389 e. The number of nitrogens with two attached hydrogens (primary N) is 1. The van der Waals surface area contributed by atoms with E-state index in [1.165, 1.54) is 12.1 Å². The van der Waals surface area contributed by atoms with Gasteiger partial charge in [0.05, 0.1) is 11.3 Å². The van der Waals surface area contributed by atoms with Crippen LogP contribution in [0.15, 0.2) is 18.2 Å². The van der Waals surface area contributed by atoms with Gasteiger partial charge in [0.25, 0.3) is 0 Å². The summed E-state index contributed by atoms with van der Waals surface area (Å²) in [6.45, 7) is 0.432. The average Bonchev–Trinajstić information content (AvgIpc) is 2.23. The van der Waals surface area contributed by atoms with Crippen molar-refractivity contribution < 1.29 is 17.6 Å². The molecule has 0 saturated heterocycles. The first-order valence-corrected chi connectivity index (χ1v) is 5.57. The molecule has 0 amide bonds. The van der Waals surface area contributed by atoms with Crippen molar-refractivity contribution in [3.05, 3.63) is 29.6 Å². The Labute approximate surface area is 107 Å². The lowest BCUT2D eigenvalue weighted by atomic mass is 10.1. The minimum Gasteiger partial charge on any atom is -0.389 e. The molecule has 0 atom stereocenters. The van der Waals surface area contributed by atoms with E-state index in [1.807, 2.05) is 0 Å². The number of anilines is 1. The molecule has 1 aromatic rings. The molecule has 7 heteroatoms. The third kappa shape index (κ3) is 3.56. The monoisotopic (exact) mass is 280 g/mol. The first-order chi connectivity index (χ1) is 8.26. The highest BCUT2D eigenvalue weighted by Crippen LogP contribution is 2.26. The topological polar surface area (TPSA) is 29.3 Å². The van der Waals surface area contributed by atoms with Crippen LogP contribution in [0.3, 0.4) is 0 Å². The fourth-order valence-electron chi connectivity index (χ4n) is 1.60. The van der Waals surface area contributed by atoms with E-state index < -0.39 is 18.5 Å². The van der Waals surface area contributed by atoms with Gasteiger partial charge in [0, 0.05) is 6.54 Å². The number of thiocarbonyl (C=S) groups is 1. The molecule has 0 fully saturated rings. The second kappa shape index (κ2) is 5.51. The van der Waals surface area contributed by atoms with Gasteiger partial charge in [0.2, 0.25) is 0 Å². The lowest BCUT2D eigenvalue weighted by Crippen LogP contribution is -2.35. The summed E-state index contributed by atoms with van der Waals surface area (Å²) in [4.78, 5) is 0.723. The van der Waals surface area contributed by atoms with Crippen LogP contribution in [0.4, 0.5) is 23.2 Å². The number of halogens is 4. The van der Waals surface area contributed by atoms with Crippen LogP contribution in [0, 0.1) is 5.82 Å². The molecule has 0 aliphatic carbocycles. The standard InChI is InChI=1S/C11H12F4N2S/c1-2-17(6-11(13,14)15)8-5-3-4-7(12)9(8)10(16)18/h3-5H,2,6H2,1H3,(H2,16,18). The summed E-state index contributed by atoms with van der Waals surface area (Å²) in [5.74, 6) is -0.722. The van der Waals surface area contributed by atoms with E-state index in [4.69, 9.17) is 5.73 Å². The summed E-state index contributed by atoms with van der Waals surface area (Å²) in [6.07, 6.45) is -4.38. The van der Waals surface area contributed by atoms with Crippen molar-refractivity contribution in [1.29, 1.82) is 0 Å². The molecule has 0 radical (unpaired) electrons. The van der Waals surface area contributed by atoms with Gasteiger partial charge in [-0.3, -0.25) is 0 Å². The summed E-state index contributed by atoms with van der Waals surface area (Å²) in [7, 11) is 0. The maximum atomic E-state index is 13.6. The van der Waals surface area contributed by atoms with Gasteiger partial charge in [-0.2, -0.15) is 13.2 Å². The number of alkyl halides is 3. The van der Waals surface area contributed by atoms with Crippen molar-refractivity contribution >= 4 is 22.9 Å². The third-order valence-electron chi connectivity index (χ3n) is 2.33. The fraction of sp³-hybridized carbons (Fsp3) is 0.364. The van der Waals surface area contributed by atoms with Crippen LogP contribution in [0.5, 0.6) is 0 Å². The minimum absolute atomic E-state index is 0.0577. The summed E-state index contributed by atoms with van der Waals surface area (Å²) < 4.78 is 50.8. The Morgan fingerprint density at radius 3 is 2.44 bits per heavy atom. The van der Waals surface area contributed by atoms with Crippen LogP contribution < -0.4 is 10.6 Å². The Morgan fingerprint density at radius 2 is 2.00 bits per heavy atom. The molecule has 0 spiro atoms. The Bertz CT molecular complexity index is 445. The van der Waals surface area contributed by atoms with E-state index in [2.05, 4.69) is 12.2 Å². The quantitative estimate of drug-likeness (QED) is 0.679. The Hall–Kier alpha value is -1.37. The number of hydrogen-bond donors (Lipinski definition) is 1. The fourth-order valence-corrected chi connectivity index (χ4v) is 1.81. The summed E-state index contributed by atoms with van der Waals surface area (Å²) in [5.41, 5.74) is 5.26. The lowest BCUT2D eigenvalue weighted by Gasteiger charge is -2.26. The Morgan fingerprint density at radius 1 is 1.39 bits per heavy atom. The van der Waals surface area contributed by atoms with E-state index in [9.17, 15) is 17.6 Å². The molecule has 0 bridgehead atoms. The molecule has 0 saturated carbocycles. The molecular formula is C11H12F4N2S. The molecular weight excluding hydrogens is 268 g/mol. The van der Waals surface area contributed by atoms with E-state index in [-0.39, 0.29) is 22.8 Å². The van der Waals surface area contributed by atoms with Crippen LogP contribution in [-0.4, -0.2) is 24.3 Å². The van der Waals surface area contributed by atoms with Gasteiger partial charge in [0.1, 0.15) is 17.4 Å². The molecule has 0 aromatic heterocycles. The van der Waals surface area contributed by atoms with E-state index >= 15 is 0 Å². The number of rotatable bonds is 4. The summed E-state index contributed by atoms with van der Waals surface area (Å²) in [6, 6.07) is 3.80. The third-order valence-corrected chi connectivity index (χ3v) is 2.53. The average molecular weight is 280 g/mol. The normalized spacial score (nSPS) is 11.4. The van der Waals surface area contributed by atoms with Crippen LogP contribution >= 0.6 is 12.2 Å². The second-order valence-corrected chi connectivity index (χ2v) is 4.07. The lowest BCUT2D eigenvalue weighted by molar-refractivity contribution is -0.119. The minimum atomic E-state index is -4.38. The molecule has 2 N–H and O–H groups in total. The summed E-state index contributed by atoms with van der Waals surface area (Å²) >= 11 is 4.68. The molecule has 0 heterocycles. The highest BCUT2D eigenvalue weighted by molar-refractivity contribution is 7.80. The van der Waals surface area contributed by atoms with Gasteiger partial charge in [-0.05, 0) is 19.1 Å². The molecule has 0 aliphatic rings. The predicted octanol–water partition coefficient (Wildman–Crippen LogP) is 2.85. The van der Waals surface area contributed by atoms with Gasteiger partial charge >= 0.3 is 6.18 Å². The number of benzene rings is 1. The van der Waals surface area contributed by atoms with E-state index in [0.29, 0.717) is 0 Å². The number of hydrogen-bond acceptors (Lipinski definition) is 2. The van der Waals surface area contributed by atoms with Gasteiger partial charge in [0.15, 0.2) is 0 Å². The van der Waals surface area contributed by atoms with E-state index in [0.717, 1.165) is 11.0 Å². The molecule has 0 unspecified atom stereocenters. The maximum Gasteiger partial charge on any atom is 0.405 e. The first-order valence-electron chi connectivity index (χ1n) is 5.16. The van der Waals surface area contributed by atoms with Gasteiger partial charge < -0.3 is 10.6 Å². The highest BCUT2D eigenvalue weighted by Gasteiger charge is 2.31. The van der Waals surface area contributed by atoms with Gasteiger partial charge in [-0.25, -0.2) is 4.39 Å². The zero-order chi connectivity index (χ0) is 13.9. The first kappa shape index (κ1) is 14.7. The van der Waals surface area contributed by atoms with Crippen LogP contribution in [0.2, 0.25) is 0 Å². The maximum absolute atomic E-state index is 13.6. The van der Waals surface area contributed by atoms with Crippen LogP contribution in [0.1, 0.15) is 12.5 Å². The SMILES string of the molecule is CCN(CC(F)(F)F)c1cccc(F)c1C(N)=S. The predicted molar refractivity (Wildman–Crippen MR) is 66.2 cm³/mol. The van der Waals surface area contributed by atoms with Crippen molar-refractivity contribution in [1.82, 2.24) is 0 Å². The second-order valence-electron chi connectivity index (χ2n) is 3.63. The van der Waals surface area contributed by atoms with Crippen molar-refractivity contribution in [2.75, 3.05) is 18.0 Å². The molecule has 2 nitrogen and oxygen atoms in total. The number of nitrogens with zero attached hydrogens (tertiary/aromatic N) is 1. The Kier molecular flexibility index (Phi) is 4.50. The largest absolute Gasteiger partial charge is 0.405 e. The molecule has 100 valence electrons. The van der Waals surface area contributed by atoms with E-state index in [1.54, 1.807) is 6.92 Å². The zero-order valence-electron chi connectivity index (χ0n) is 9.59. The highest BCUT2D eigenvalue weighted by atomic mass is 32.1. The van der Waals surface area contributed by atoms with Crippen LogP contribution in [-0.2, 0) is 0 Å². The molecule has 18 heavy (non-hydrogen) atoms. The molecule has 0 aliphatic heterocycles. The van der Waals surface area contributed by atoms with Gasteiger partial charge in [-0.15, -0.1) is 0 Å².